The highest BCUT2D eigenvalue weighted by Crippen LogP contribution is 2.24. The quantitative estimate of drug-likeness (QED) is 0.907. The Balaban J connectivity index is 1.71. The van der Waals surface area contributed by atoms with Crippen molar-refractivity contribution in [2.45, 2.75) is 19.4 Å². The van der Waals surface area contributed by atoms with Gasteiger partial charge in [-0.1, -0.05) is 5.16 Å². The van der Waals surface area contributed by atoms with E-state index in [1.807, 2.05) is 19.1 Å². The molecular weight excluding hydrogens is 296 g/mol. The number of nitrogens with zero attached hydrogens (tertiary/aromatic N) is 4. The highest BCUT2D eigenvalue weighted by Gasteiger charge is 2.35. The van der Waals surface area contributed by atoms with E-state index < -0.39 is 6.10 Å². The van der Waals surface area contributed by atoms with Crippen molar-refractivity contribution in [2.75, 3.05) is 13.1 Å². The van der Waals surface area contributed by atoms with E-state index >= 15 is 0 Å². The highest BCUT2D eigenvalue weighted by molar-refractivity contribution is 5.93. The summed E-state index contributed by atoms with van der Waals surface area (Å²) in [4.78, 5) is 14.2. The van der Waals surface area contributed by atoms with Crippen LogP contribution < -0.4 is 0 Å². The number of nitriles is 1. The minimum Gasteiger partial charge on any atom is -0.391 e. The van der Waals surface area contributed by atoms with Crippen molar-refractivity contribution in [3.8, 4) is 6.07 Å². The average molecular weight is 314 g/mol. The van der Waals surface area contributed by atoms with E-state index in [4.69, 9.17) is 9.78 Å². The molecule has 7 heteroatoms. The van der Waals surface area contributed by atoms with E-state index in [2.05, 4.69) is 5.16 Å². The fraction of sp³-hybridized carbons (Fsp3) is 0.438. The van der Waals surface area contributed by atoms with Crippen LogP contribution in [0.15, 0.2) is 22.9 Å². The number of hydrogen-bond acceptors (Lipinski definition) is 5. The minimum atomic E-state index is -0.597. The van der Waals surface area contributed by atoms with Crippen LogP contribution in [0.5, 0.6) is 0 Å². The van der Waals surface area contributed by atoms with Crippen molar-refractivity contribution in [1.29, 1.82) is 5.26 Å². The molecule has 0 unspecified atom stereocenters. The monoisotopic (exact) mass is 314 g/mol. The Morgan fingerprint density at radius 2 is 2.30 bits per heavy atom. The number of aliphatic hydroxyl groups is 1. The van der Waals surface area contributed by atoms with Gasteiger partial charge in [-0.3, -0.25) is 4.79 Å². The van der Waals surface area contributed by atoms with Crippen LogP contribution in [0.4, 0.5) is 0 Å². The first-order valence-corrected chi connectivity index (χ1v) is 7.44. The second-order valence-electron chi connectivity index (χ2n) is 6.01. The number of β-amino-alcohol motifs (C(OH)–C–C–N with tert-alkyl or cyclic N) is 1. The predicted molar refractivity (Wildman–Crippen MR) is 80.5 cm³/mol. The number of hydrogen-bond donors (Lipinski definition) is 1. The number of amides is 1. The summed E-state index contributed by atoms with van der Waals surface area (Å²) in [5, 5.41) is 23.0. The number of aromatic nitrogens is 2. The molecule has 2 aromatic heterocycles. The predicted octanol–water partition coefficient (Wildman–Crippen LogP) is 0.869. The summed E-state index contributed by atoms with van der Waals surface area (Å²) in [6, 6.07) is 5.44. The summed E-state index contributed by atoms with van der Waals surface area (Å²) < 4.78 is 6.83. The number of carbonyl (C=O) groups excluding carboxylic acids is 1. The van der Waals surface area contributed by atoms with E-state index in [-0.39, 0.29) is 18.4 Å². The largest absolute Gasteiger partial charge is 0.391 e. The first-order chi connectivity index (χ1) is 11.0. The molecule has 0 aliphatic carbocycles. The average Bonchev–Trinajstić information content (AvgIpc) is 3.19. The molecule has 7 nitrogen and oxygen atoms in total. The summed E-state index contributed by atoms with van der Waals surface area (Å²) in [5.41, 5.74) is 1.70. The first kappa shape index (κ1) is 15.3. The van der Waals surface area contributed by atoms with E-state index in [0.29, 0.717) is 30.0 Å². The minimum absolute atomic E-state index is 0.0815. The molecule has 3 heterocycles. The molecule has 23 heavy (non-hydrogen) atoms. The zero-order chi connectivity index (χ0) is 16.6. The van der Waals surface area contributed by atoms with Gasteiger partial charge in [-0.05, 0) is 13.0 Å². The van der Waals surface area contributed by atoms with Crippen molar-refractivity contribution in [3.05, 3.63) is 41.0 Å². The van der Waals surface area contributed by atoms with Crippen LogP contribution in [0, 0.1) is 24.2 Å². The lowest BCUT2D eigenvalue weighted by molar-refractivity contribution is 0.0755. The Labute approximate surface area is 133 Å². The van der Waals surface area contributed by atoms with Gasteiger partial charge in [0.15, 0.2) is 0 Å². The van der Waals surface area contributed by atoms with Gasteiger partial charge in [0, 0.05) is 44.7 Å². The normalized spacial score (nSPS) is 20.7. The van der Waals surface area contributed by atoms with Gasteiger partial charge in [0.2, 0.25) is 0 Å². The fourth-order valence-electron chi connectivity index (χ4n) is 2.99. The molecule has 0 radical (unpaired) electrons. The highest BCUT2D eigenvalue weighted by atomic mass is 16.5. The molecule has 0 bridgehead atoms. The molecule has 2 atom stereocenters. The Morgan fingerprint density at radius 1 is 1.52 bits per heavy atom. The summed E-state index contributed by atoms with van der Waals surface area (Å²) in [6.07, 6.45) is 1.57. The second-order valence-corrected chi connectivity index (χ2v) is 6.01. The number of aliphatic hydroxyl groups excluding tert-OH is 1. The van der Waals surface area contributed by atoms with Crippen molar-refractivity contribution in [1.82, 2.24) is 14.6 Å². The molecule has 1 saturated heterocycles. The molecule has 0 saturated carbocycles. The summed E-state index contributed by atoms with van der Waals surface area (Å²) in [6.45, 7) is 2.58. The third-order valence-corrected chi connectivity index (χ3v) is 4.19. The van der Waals surface area contributed by atoms with E-state index in [9.17, 15) is 9.90 Å². The molecule has 3 rings (SSSR count). The Bertz CT molecular complexity index is 771. The number of aryl methyl sites for hydroxylation is 2. The van der Waals surface area contributed by atoms with Crippen LogP contribution in [0.1, 0.15) is 27.5 Å². The van der Waals surface area contributed by atoms with Crippen LogP contribution in [0.2, 0.25) is 0 Å². The maximum atomic E-state index is 12.6. The standard InChI is InChI=1S/C16H18N4O3/c1-10-3-13(23-18-10)5-12-8-20(9-15(12)21)16(22)14-4-11(6-17)7-19(14)2/h3-4,7,12,15,21H,5,8-9H2,1-2H3/t12-,15-/m1/s1. The summed E-state index contributed by atoms with van der Waals surface area (Å²) in [5.74, 6) is 0.456. The van der Waals surface area contributed by atoms with Gasteiger partial charge >= 0.3 is 0 Å². The molecule has 1 fully saturated rings. The Kier molecular flexibility index (Phi) is 3.92. The third-order valence-electron chi connectivity index (χ3n) is 4.19. The Morgan fingerprint density at radius 3 is 2.91 bits per heavy atom. The van der Waals surface area contributed by atoms with Gasteiger partial charge in [-0.2, -0.15) is 5.26 Å². The number of likely N-dealkylation sites (tertiary alicyclic amines) is 1. The maximum Gasteiger partial charge on any atom is 0.270 e. The third kappa shape index (κ3) is 2.98. The van der Waals surface area contributed by atoms with Gasteiger partial charge in [-0.25, -0.2) is 0 Å². The molecule has 0 aromatic carbocycles. The molecule has 1 amide bonds. The Hall–Kier alpha value is -2.59. The van der Waals surface area contributed by atoms with Crippen molar-refractivity contribution in [3.63, 3.8) is 0 Å². The lowest BCUT2D eigenvalue weighted by Gasteiger charge is -2.16. The number of carbonyl (C=O) groups is 1. The zero-order valence-electron chi connectivity index (χ0n) is 13.1. The molecule has 1 aliphatic rings. The van der Waals surface area contributed by atoms with Gasteiger partial charge in [-0.15, -0.1) is 0 Å². The zero-order valence-corrected chi connectivity index (χ0v) is 13.1. The topological polar surface area (TPSA) is 95.3 Å². The van der Waals surface area contributed by atoms with Crippen LogP contribution >= 0.6 is 0 Å². The lowest BCUT2D eigenvalue weighted by atomic mass is 10.0. The van der Waals surface area contributed by atoms with Gasteiger partial charge in [0.05, 0.1) is 17.4 Å². The summed E-state index contributed by atoms with van der Waals surface area (Å²) >= 11 is 0. The second kappa shape index (κ2) is 5.89. The van der Waals surface area contributed by atoms with Crippen molar-refractivity contribution >= 4 is 5.91 Å². The summed E-state index contributed by atoms with van der Waals surface area (Å²) in [7, 11) is 1.73. The smallest absolute Gasteiger partial charge is 0.270 e. The SMILES string of the molecule is Cc1cc(C[C@@H]2CN(C(=O)c3cc(C#N)cn3C)C[C@H]2O)on1. The van der Waals surface area contributed by atoms with E-state index in [1.165, 1.54) is 0 Å². The van der Waals surface area contributed by atoms with Crippen LogP contribution in [0.3, 0.4) is 0 Å². The van der Waals surface area contributed by atoms with Gasteiger partial charge in [0.1, 0.15) is 17.5 Å². The van der Waals surface area contributed by atoms with E-state index in [0.717, 1.165) is 5.69 Å². The van der Waals surface area contributed by atoms with Crippen LogP contribution in [-0.2, 0) is 13.5 Å². The lowest BCUT2D eigenvalue weighted by Crippen LogP contribution is -2.30. The molecule has 2 aromatic rings. The molecule has 0 spiro atoms. The van der Waals surface area contributed by atoms with Crippen molar-refractivity contribution < 1.29 is 14.4 Å². The molecule has 1 aliphatic heterocycles. The fourth-order valence-corrected chi connectivity index (χ4v) is 2.99. The maximum absolute atomic E-state index is 12.6. The first-order valence-electron chi connectivity index (χ1n) is 7.44. The van der Waals surface area contributed by atoms with Crippen molar-refractivity contribution in [2.24, 2.45) is 13.0 Å². The molecular formula is C16H18N4O3. The van der Waals surface area contributed by atoms with Crippen LogP contribution in [0.25, 0.3) is 0 Å². The molecule has 120 valence electrons. The van der Waals surface area contributed by atoms with Crippen LogP contribution in [-0.4, -0.2) is 44.8 Å². The van der Waals surface area contributed by atoms with E-state index in [1.54, 1.807) is 28.8 Å². The number of rotatable bonds is 3. The molecule has 1 N–H and O–H groups in total. The van der Waals surface area contributed by atoms with Gasteiger partial charge < -0.3 is 19.1 Å². The van der Waals surface area contributed by atoms with Gasteiger partial charge in [0.25, 0.3) is 5.91 Å².